The highest BCUT2D eigenvalue weighted by atomic mass is 16.6. The van der Waals surface area contributed by atoms with Crippen LogP contribution in [0.15, 0.2) is 24.5 Å². The van der Waals surface area contributed by atoms with E-state index >= 15 is 0 Å². The molecule has 0 aliphatic carbocycles. The molecule has 1 aliphatic rings. The second kappa shape index (κ2) is 2.18. The third-order valence-electron chi connectivity index (χ3n) is 0.601. The Morgan fingerprint density at radius 2 is 2.14 bits per heavy atom. The zero-order chi connectivity index (χ0) is 4.95. The van der Waals surface area contributed by atoms with Crippen LogP contribution in [0, 0.1) is 0 Å². The average molecular weight is 96.1 g/mol. The zero-order valence-electron chi connectivity index (χ0n) is 3.79. The molecule has 0 spiro atoms. The minimum absolute atomic E-state index is 1.57. The van der Waals surface area contributed by atoms with Crippen LogP contribution in [0.3, 0.4) is 0 Å². The van der Waals surface area contributed by atoms with Crippen molar-refractivity contribution >= 4 is 6.21 Å². The summed E-state index contributed by atoms with van der Waals surface area (Å²) in [5, 5.41) is 2.55. The maximum atomic E-state index is 4.65. The van der Waals surface area contributed by atoms with Gasteiger partial charge in [0, 0.05) is 6.08 Å². The van der Waals surface area contributed by atoms with Crippen molar-refractivity contribution in [1.82, 2.24) is 0 Å². The Morgan fingerprint density at radius 3 is 3.14 bits per heavy atom. The van der Waals surface area contributed by atoms with Gasteiger partial charge in [0.2, 0.25) is 6.21 Å². The first kappa shape index (κ1) is 4.12. The van der Waals surface area contributed by atoms with E-state index < -0.39 is 0 Å². The third-order valence-corrected chi connectivity index (χ3v) is 0.601. The van der Waals surface area contributed by atoms with E-state index in [1.807, 2.05) is 12.2 Å². The van der Waals surface area contributed by atoms with Gasteiger partial charge in [-0.1, -0.05) is 6.08 Å². The lowest BCUT2D eigenvalue weighted by molar-refractivity contribution is -0.727. The molecule has 7 heavy (non-hydrogen) atoms. The van der Waals surface area contributed by atoms with Crippen LogP contribution in [-0.2, 0) is 4.84 Å². The summed E-state index contributed by atoms with van der Waals surface area (Å²) < 4.78 is 0. The zero-order valence-corrected chi connectivity index (χ0v) is 3.79. The molecule has 2 heteroatoms. The molecule has 36 valence electrons. The van der Waals surface area contributed by atoms with Crippen molar-refractivity contribution in [2.24, 2.45) is 0 Å². The highest BCUT2D eigenvalue weighted by Gasteiger charge is 1.76. The molecule has 0 unspecified atom stereocenters. The topological polar surface area (TPSA) is 23.2 Å². The van der Waals surface area contributed by atoms with Gasteiger partial charge in [-0.05, 0) is 11.2 Å². The third kappa shape index (κ3) is 1.22. The summed E-state index contributed by atoms with van der Waals surface area (Å²) in [7, 11) is 0. The summed E-state index contributed by atoms with van der Waals surface area (Å²) in [6.07, 6.45) is 8.81. The molecular formula is C5H6NO+. The molecule has 0 bridgehead atoms. The average Bonchev–Trinajstić information content (AvgIpc) is 1.90. The van der Waals surface area contributed by atoms with Crippen molar-refractivity contribution in [2.75, 3.05) is 0 Å². The fraction of sp³-hybridized carbons (Fsp3) is 0. The number of hydrogen-bond acceptors (Lipinski definition) is 1. The predicted molar refractivity (Wildman–Crippen MR) is 26.4 cm³/mol. The van der Waals surface area contributed by atoms with Crippen LogP contribution < -0.4 is 5.16 Å². The van der Waals surface area contributed by atoms with E-state index in [1.54, 1.807) is 18.6 Å². The van der Waals surface area contributed by atoms with Crippen molar-refractivity contribution in [1.29, 1.82) is 0 Å². The quantitative estimate of drug-likeness (QED) is 0.417. The Labute approximate surface area is 41.8 Å². The highest BCUT2D eigenvalue weighted by molar-refractivity contribution is 5.65. The van der Waals surface area contributed by atoms with E-state index in [0.717, 1.165) is 0 Å². The van der Waals surface area contributed by atoms with E-state index in [9.17, 15) is 0 Å². The Hall–Kier alpha value is -1.05. The first-order valence-electron chi connectivity index (χ1n) is 2.06. The Bertz CT molecular complexity index is 110. The molecule has 1 N–H and O–H groups in total. The first-order chi connectivity index (χ1) is 3.50. The molecule has 2 nitrogen and oxygen atoms in total. The SMILES string of the molecule is C1=CC=[NH+]OC=C1. The van der Waals surface area contributed by atoms with Gasteiger partial charge in [-0.3, -0.25) is 0 Å². The van der Waals surface area contributed by atoms with Crippen LogP contribution in [0.5, 0.6) is 0 Å². The second-order valence-corrected chi connectivity index (χ2v) is 1.12. The maximum absolute atomic E-state index is 4.65. The molecule has 1 heterocycles. The van der Waals surface area contributed by atoms with E-state index in [-0.39, 0.29) is 0 Å². The Balaban J connectivity index is 2.60. The standard InChI is InChI=1S/C5H5NO/c1-2-4-6-7-5-3-1/h1-5H/p+1. The van der Waals surface area contributed by atoms with E-state index in [4.69, 9.17) is 0 Å². The lowest BCUT2D eigenvalue weighted by atomic mass is 10.5. The molecule has 0 aromatic carbocycles. The first-order valence-corrected chi connectivity index (χ1v) is 2.06. The maximum Gasteiger partial charge on any atom is 0.213 e. The lowest BCUT2D eigenvalue weighted by Gasteiger charge is -1.69. The minimum Gasteiger partial charge on any atom is -0.247 e. The summed E-state index contributed by atoms with van der Waals surface area (Å²) >= 11 is 0. The molecule has 0 radical (unpaired) electrons. The smallest absolute Gasteiger partial charge is 0.213 e. The number of nitrogens with one attached hydrogen (secondary N) is 1. The summed E-state index contributed by atoms with van der Waals surface area (Å²) in [6.45, 7) is 0. The van der Waals surface area contributed by atoms with Crippen molar-refractivity contribution < 1.29 is 9.99 Å². The Morgan fingerprint density at radius 1 is 1.14 bits per heavy atom. The fourth-order valence-electron chi connectivity index (χ4n) is 0.322. The molecule has 1 aliphatic heterocycles. The van der Waals surface area contributed by atoms with Gasteiger partial charge in [-0.2, -0.15) is 0 Å². The second-order valence-electron chi connectivity index (χ2n) is 1.12. The lowest BCUT2D eigenvalue weighted by Crippen LogP contribution is -2.65. The summed E-state index contributed by atoms with van der Waals surface area (Å²) in [6, 6.07) is 0. The van der Waals surface area contributed by atoms with E-state index in [1.165, 1.54) is 0 Å². The summed E-state index contributed by atoms with van der Waals surface area (Å²) in [4.78, 5) is 4.65. The molecule has 0 saturated heterocycles. The van der Waals surface area contributed by atoms with Crippen molar-refractivity contribution in [3.05, 3.63) is 24.5 Å². The van der Waals surface area contributed by atoms with Gasteiger partial charge in [-0.15, -0.1) is 0 Å². The van der Waals surface area contributed by atoms with E-state index in [2.05, 4.69) is 9.99 Å². The van der Waals surface area contributed by atoms with E-state index in [0.29, 0.717) is 0 Å². The van der Waals surface area contributed by atoms with Crippen molar-refractivity contribution in [2.45, 2.75) is 0 Å². The molecule has 0 amide bonds. The molecule has 0 atom stereocenters. The Kier molecular flexibility index (Phi) is 1.28. The van der Waals surface area contributed by atoms with Crippen LogP contribution in [0.4, 0.5) is 0 Å². The van der Waals surface area contributed by atoms with Gasteiger partial charge in [0.15, 0.2) is 6.26 Å². The summed E-state index contributed by atoms with van der Waals surface area (Å²) in [5.74, 6) is 0. The minimum atomic E-state index is 1.57. The monoisotopic (exact) mass is 96.0 g/mol. The van der Waals surface area contributed by atoms with Gasteiger partial charge in [0.05, 0.1) is 0 Å². The van der Waals surface area contributed by atoms with Crippen LogP contribution in [-0.4, -0.2) is 6.21 Å². The van der Waals surface area contributed by atoms with Crippen molar-refractivity contribution in [3.8, 4) is 0 Å². The van der Waals surface area contributed by atoms with Gasteiger partial charge in [0.1, 0.15) is 0 Å². The van der Waals surface area contributed by atoms with Crippen LogP contribution in [0.2, 0.25) is 0 Å². The molecule has 0 aromatic heterocycles. The van der Waals surface area contributed by atoms with Crippen molar-refractivity contribution in [3.63, 3.8) is 0 Å². The summed E-state index contributed by atoms with van der Waals surface area (Å²) in [5.41, 5.74) is 0. The largest absolute Gasteiger partial charge is 0.247 e. The van der Waals surface area contributed by atoms with Crippen LogP contribution >= 0.6 is 0 Å². The highest BCUT2D eigenvalue weighted by Crippen LogP contribution is 1.72. The molecule has 0 aromatic rings. The number of hydrogen-bond donors (Lipinski definition) is 1. The number of allylic oxidation sites excluding steroid dienone is 3. The normalized spacial score (nSPS) is 16.0. The molecule has 0 fully saturated rings. The van der Waals surface area contributed by atoms with Crippen LogP contribution in [0.1, 0.15) is 0 Å². The van der Waals surface area contributed by atoms with Gasteiger partial charge < -0.3 is 0 Å². The van der Waals surface area contributed by atoms with Gasteiger partial charge in [-0.25, -0.2) is 4.84 Å². The fourth-order valence-corrected chi connectivity index (χ4v) is 0.322. The molecular weight excluding hydrogens is 90.1 g/mol. The molecule has 0 saturated carbocycles. The van der Waals surface area contributed by atoms with Crippen LogP contribution in [0.25, 0.3) is 0 Å². The number of rotatable bonds is 0. The van der Waals surface area contributed by atoms with Gasteiger partial charge >= 0.3 is 0 Å². The predicted octanol–water partition coefficient (Wildman–Crippen LogP) is -0.847. The molecule has 1 rings (SSSR count). The van der Waals surface area contributed by atoms with Gasteiger partial charge in [0.25, 0.3) is 0 Å².